The molecule has 0 aliphatic rings. The number of halogens is 1. The molecule has 0 aliphatic heterocycles. The molecule has 0 radical (unpaired) electrons. The van der Waals surface area contributed by atoms with E-state index in [1.165, 1.54) is 79.8 Å². The van der Waals surface area contributed by atoms with Gasteiger partial charge in [-0.1, -0.05) is 144 Å². The highest BCUT2D eigenvalue weighted by molar-refractivity contribution is 6.30. The van der Waals surface area contributed by atoms with Gasteiger partial charge in [-0.15, -0.1) is 0 Å². The molecule has 0 spiro atoms. The molecule has 2 rings (SSSR count). The van der Waals surface area contributed by atoms with Gasteiger partial charge in [-0.05, 0) is 61.1 Å². The van der Waals surface area contributed by atoms with Gasteiger partial charge in [-0.3, -0.25) is 0 Å². The second-order valence-corrected chi connectivity index (χ2v) is 11.9. The minimum atomic E-state index is 0.339. The highest BCUT2D eigenvalue weighted by Gasteiger charge is 2.14. The fourth-order valence-electron chi connectivity index (χ4n) is 3.64. The normalized spacial score (nSPS) is 11.3. The highest BCUT2D eigenvalue weighted by atomic mass is 35.5. The molecule has 0 unspecified atom stereocenters. The van der Waals surface area contributed by atoms with Gasteiger partial charge < -0.3 is 5.32 Å². The zero-order valence-electron chi connectivity index (χ0n) is 27.2. The third-order valence-electron chi connectivity index (χ3n) is 6.27. The average Bonchev–Trinajstić information content (AvgIpc) is 2.87. The van der Waals surface area contributed by atoms with Crippen molar-refractivity contribution in [3.05, 3.63) is 53.0 Å². The predicted molar refractivity (Wildman–Crippen MR) is 177 cm³/mol. The van der Waals surface area contributed by atoms with Crippen LogP contribution < -0.4 is 5.32 Å². The highest BCUT2D eigenvalue weighted by Crippen LogP contribution is 2.23. The van der Waals surface area contributed by atoms with E-state index in [2.05, 4.69) is 104 Å². The van der Waals surface area contributed by atoms with E-state index in [0.717, 1.165) is 18.5 Å². The number of hydrogen-bond acceptors (Lipinski definition) is 2. The summed E-state index contributed by atoms with van der Waals surface area (Å²) in [7, 11) is 0. The number of fused-ring (bicyclic) bond motifs is 1. The zero-order valence-corrected chi connectivity index (χ0v) is 28.0. The first-order valence-corrected chi connectivity index (χ1v) is 15.8. The minimum absolute atomic E-state index is 0.339. The molecule has 1 atom stereocenters. The van der Waals surface area contributed by atoms with Crippen LogP contribution in [0.5, 0.6) is 0 Å². The molecule has 1 N–H and O–H groups in total. The Hall–Kier alpha value is -1.54. The van der Waals surface area contributed by atoms with Gasteiger partial charge in [0.1, 0.15) is 5.15 Å². The monoisotopic (exact) mass is 546 g/mol. The lowest BCUT2D eigenvalue weighted by atomic mass is 9.90. The number of aromatic nitrogens is 1. The molecule has 0 amide bonds. The summed E-state index contributed by atoms with van der Waals surface area (Å²) in [4.78, 5) is 4.24. The lowest BCUT2D eigenvalue weighted by molar-refractivity contribution is 0.382. The first-order valence-electron chi connectivity index (χ1n) is 15.4. The summed E-state index contributed by atoms with van der Waals surface area (Å²) >= 11 is 5.89. The van der Waals surface area contributed by atoms with Crippen LogP contribution in [0.15, 0.2) is 36.5 Å². The van der Waals surface area contributed by atoms with Crippen LogP contribution in [-0.2, 0) is 6.42 Å². The molecule has 0 fully saturated rings. The van der Waals surface area contributed by atoms with Crippen LogP contribution in [0.2, 0.25) is 5.15 Å². The van der Waals surface area contributed by atoms with Crippen molar-refractivity contribution in [1.82, 2.24) is 10.3 Å². The van der Waals surface area contributed by atoms with E-state index in [1.54, 1.807) is 0 Å². The maximum absolute atomic E-state index is 5.89. The predicted octanol–water partition coefficient (Wildman–Crippen LogP) is 12.3. The Morgan fingerprint density at radius 2 is 1.47 bits per heavy atom. The number of nitrogens with one attached hydrogen (secondary N) is 1. The largest absolute Gasteiger partial charge is 0.386 e. The number of benzene rings is 1. The van der Waals surface area contributed by atoms with Crippen molar-refractivity contribution in [3.63, 3.8) is 0 Å². The summed E-state index contributed by atoms with van der Waals surface area (Å²) < 4.78 is 0. The quantitative estimate of drug-likeness (QED) is 0.224. The smallest absolute Gasteiger partial charge is 0.129 e. The van der Waals surface area contributed by atoms with E-state index in [9.17, 15) is 0 Å². The number of allylic oxidation sites excluding steroid dienone is 1. The van der Waals surface area contributed by atoms with Crippen molar-refractivity contribution in [2.75, 3.05) is 0 Å². The van der Waals surface area contributed by atoms with E-state index >= 15 is 0 Å². The number of pyridine rings is 1. The molecular weight excluding hydrogens is 484 g/mol. The number of unbranched alkanes of at least 4 members (excludes halogenated alkanes) is 4. The maximum atomic E-state index is 5.89. The van der Waals surface area contributed by atoms with Crippen molar-refractivity contribution in [2.24, 2.45) is 5.41 Å². The second kappa shape index (κ2) is 23.4. The van der Waals surface area contributed by atoms with Gasteiger partial charge in [-0.2, -0.15) is 0 Å². The van der Waals surface area contributed by atoms with Gasteiger partial charge in [0.25, 0.3) is 0 Å². The van der Waals surface area contributed by atoms with Gasteiger partial charge in [-0.25, -0.2) is 4.98 Å². The second-order valence-electron chi connectivity index (χ2n) is 11.5. The summed E-state index contributed by atoms with van der Waals surface area (Å²) in [5.74, 6) is 0. The van der Waals surface area contributed by atoms with E-state index in [4.69, 9.17) is 11.6 Å². The first kappa shape index (κ1) is 38.6. The molecule has 2 nitrogen and oxygen atoms in total. The van der Waals surface area contributed by atoms with Crippen LogP contribution in [0.1, 0.15) is 145 Å². The molecule has 0 saturated heterocycles. The van der Waals surface area contributed by atoms with E-state index < -0.39 is 0 Å². The van der Waals surface area contributed by atoms with Gasteiger partial charge in [0, 0.05) is 22.8 Å². The Bertz CT molecular complexity index is 843. The topological polar surface area (TPSA) is 24.9 Å². The summed E-state index contributed by atoms with van der Waals surface area (Å²) in [6.45, 7) is 28.3. The average molecular weight is 547 g/mol. The molecule has 2 aromatic rings. The summed E-state index contributed by atoms with van der Waals surface area (Å²) in [5, 5.41) is 6.53. The molecule has 1 heterocycles. The fraction of sp³-hybridized carbons (Fsp3) is 0.686. The van der Waals surface area contributed by atoms with Crippen LogP contribution in [0.3, 0.4) is 0 Å². The van der Waals surface area contributed by atoms with Gasteiger partial charge in [0.15, 0.2) is 0 Å². The molecule has 1 aromatic heterocycles. The third kappa shape index (κ3) is 20.4. The lowest BCUT2D eigenvalue weighted by Gasteiger charge is -2.25. The van der Waals surface area contributed by atoms with Crippen LogP contribution in [0.25, 0.3) is 10.8 Å². The molecule has 220 valence electrons. The van der Waals surface area contributed by atoms with Gasteiger partial charge >= 0.3 is 0 Å². The van der Waals surface area contributed by atoms with Crippen molar-refractivity contribution in [1.29, 1.82) is 0 Å². The zero-order chi connectivity index (χ0) is 29.6. The van der Waals surface area contributed by atoms with Crippen molar-refractivity contribution in [3.8, 4) is 0 Å². The number of nitrogens with zero attached hydrogens (tertiary/aromatic N) is 1. The third-order valence-corrected chi connectivity index (χ3v) is 6.46. The fourth-order valence-corrected chi connectivity index (χ4v) is 3.89. The van der Waals surface area contributed by atoms with E-state index in [1.807, 2.05) is 13.0 Å². The number of rotatable bonds is 11. The summed E-state index contributed by atoms with van der Waals surface area (Å²) in [6, 6.07) is 8.96. The van der Waals surface area contributed by atoms with Crippen molar-refractivity contribution >= 4 is 22.4 Å². The van der Waals surface area contributed by atoms with Crippen LogP contribution in [0, 0.1) is 12.3 Å². The summed E-state index contributed by atoms with van der Waals surface area (Å²) in [5.41, 5.74) is 3.88. The van der Waals surface area contributed by atoms with Crippen molar-refractivity contribution < 1.29 is 0 Å². The standard InChI is InChI=1S/C15H31N.C12H12ClN.2C4H10/c1-7-9-10-11-14(8-2)16-13(3)12-15(4,5)6;1-3-9-4-5-10-7-12(13)14-8(2)11(10)6-9;2*1-3-4-2/h14,16H,3,7-12H2,1-2,4-6H3;4-7H,3H2,1-2H3;2*3-4H2,1-2H3/t14-;;;/m1.../s1. The Kier molecular flexibility index (Phi) is 23.7. The van der Waals surface area contributed by atoms with Crippen LogP contribution in [0.4, 0.5) is 0 Å². The lowest BCUT2D eigenvalue weighted by Crippen LogP contribution is -2.29. The molecule has 0 saturated carbocycles. The molecule has 38 heavy (non-hydrogen) atoms. The maximum Gasteiger partial charge on any atom is 0.129 e. The first-order chi connectivity index (χ1) is 17.9. The summed E-state index contributed by atoms with van der Waals surface area (Å²) in [6.07, 6.45) is 13.9. The number of hydrogen-bond donors (Lipinski definition) is 1. The van der Waals surface area contributed by atoms with Gasteiger partial charge in [0.2, 0.25) is 0 Å². The van der Waals surface area contributed by atoms with E-state index in [0.29, 0.717) is 16.6 Å². The Morgan fingerprint density at radius 3 is 1.92 bits per heavy atom. The van der Waals surface area contributed by atoms with Crippen LogP contribution >= 0.6 is 11.6 Å². The SMILES string of the molecule is C=C(CC(C)(C)C)N[C@H](CC)CCCCC.CCCC.CCCC.CCc1ccc2cc(Cl)nc(C)c2c1. The molecule has 0 aliphatic carbocycles. The van der Waals surface area contributed by atoms with Crippen molar-refractivity contribution in [2.45, 2.75) is 153 Å². The number of aryl methyl sites for hydroxylation is 2. The minimum Gasteiger partial charge on any atom is -0.386 e. The van der Waals surface area contributed by atoms with Crippen LogP contribution in [-0.4, -0.2) is 11.0 Å². The van der Waals surface area contributed by atoms with Gasteiger partial charge in [0.05, 0.1) is 0 Å². The van der Waals surface area contributed by atoms with E-state index in [-0.39, 0.29) is 0 Å². The molecule has 3 heteroatoms. The Morgan fingerprint density at radius 1 is 0.895 bits per heavy atom. The Balaban J connectivity index is 0. The molecular formula is C35H63ClN2. The molecule has 0 bridgehead atoms. The Labute approximate surface area is 243 Å². The molecule has 1 aromatic carbocycles.